The fourth-order valence-corrected chi connectivity index (χ4v) is 2.21. The molecule has 0 atom stereocenters. The molecular weight excluding hydrogens is 287 g/mol. The minimum Gasteiger partial charge on any atom is -0.396 e. The van der Waals surface area contributed by atoms with Crippen molar-refractivity contribution in [3.8, 4) is 0 Å². The normalized spacial score (nSPS) is 15.1. The highest BCUT2D eigenvalue weighted by Crippen LogP contribution is 2.30. The van der Waals surface area contributed by atoms with Crippen molar-refractivity contribution in [1.29, 1.82) is 0 Å². The molecule has 21 heavy (non-hydrogen) atoms. The van der Waals surface area contributed by atoms with Gasteiger partial charge in [-0.2, -0.15) is 13.2 Å². The maximum atomic E-state index is 12.7. The fourth-order valence-electron chi connectivity index (χ4n) is 2.21. The lowest BCUT2D eigenvalue weighted by Gasteiger charge is -2.29. The minimum atomic E-state index is -4.50. The summed E-state index contributed by atoms with van der Waals surface area (Å²) in [7, 11) is 0. The van der Waals surface area contributed by atoms with Crippen molar-refractivity contribution in [3.63, 3.8) is 0 Å². The molecule has 0 saturated carbocycles. The summed E-state index contributed by atoms with van der Waals surface area (Å²) < 4.78 is 39.3. The average Bonchev–Trinajstić information content (AvgIpc) is 2.84. The number of aromatic nitrogens is 4. The van der Waals surface area contributed by atoms with Gasteiger partial charge in [-0.05, 0) is 12.1 Å². The average molecular weight is 299 g/mol. The molecule has 3 heterocycles. The Hall–Kier alpha value is -2.52. The van der Waals surface area contributed by atoms with Crippen LogP contribution in [0.5, 0.6) is 0 Å². The number of nitrogens with zero attached hydrogens (tertiary/aromatic N) is 5. The molecule has 0 bridgehead atoms. The van der Waals surface area contributed by atoms with Gasteiger partial charge in [0, 0.05) is 13.1 Å². The van der Waals surface area contributed by atoms with Crippen LogP contribution in [0.15, 0.2) is 12.1 Å². The molecule has 0 fully saturated rings. The number of rotatable bonds is 1. The monoisotopic (exact) mass is 299 g/mol. The zero-order valence-electron chi connectivity index (χ0n) is 10.8. The number of halogens is 3. The Morgan fingerprint density at radius 3 is 2.52 bits per heavy atom. The van der Waals surface area contributed by atoms with E-state index in [4.69, 9.17) is 11.5 Å². The first-order valence-electron chi connectivity index (χ1n) is 6.12. The van der Waals surface area contributed by atoms with Crippen LogP contribution in [-0.4, -0.2) is 26.3 Å². The van der Waals surface area contributed by atoms with E-state index in [9.17, 15) is 13.2 Å². The second-order valence-electron chi connectivity index (χ2n) is 4.65. The van der Waals surface area contributed by atoms with Gasteiger partial charge in [0.1, 0.15) is 11.6 Å². The fraction of sp³-hybridized carbons (Fsp3) is 0.364. The molecule has 1 aliphatic rings. The maximum absolute atomic E-state index is 12.7. The quantitative estimate of drug-likeness (QED) is 0.811. The maximum Gasteiger partial charge on any atom is 0.451 e. The van der Waals surface area contributed by atoms with Gasteiger partial charge in [0.2, 0.25) is 5.82 Å². The Kier molecular flexibility index (Phi) is 2.88. The summed E-state index contributed by atoms with van der Waals surface area (Å²) in [5, 5.41) is 6.83. The summed E-state index contributed by atoms with van der Waals surface area (Å²) in [6, 6.07) is 3.28. The molecule has 0 spiro atoms. The Morgan fingerprint density at radius 1 is 1.10 bits per heavy atom. The summed E-state index contributed by atoms with van der Waals surface area (Å²) >= 11 is 0. The van der Waals surface area contributed by atoms with Gasteiger partial charge in [0.05, 0.1) is 12.2 Å². The lowest BCUT2D eigenvalue weighted by molar-refractivity contribution is -0.147. The highest BCUT2D eigenvalue weighted by Gasteiger charge is 2.39. The largest absolute Gasteiger partial charge is 0.451 e. The second kappa shape index (κ2) is 4.50. The Balaban J connectivity index is 1.88. The summed E-state index contributed by atoms with van der Waals surface area (Å²) in [5.74, 6) is 0.00716. The van der Waals surface area contributed by atoms with E-state index in [2.05, 4.69) is 15.2 Å². The Bertz CT molecular complexity index is 679. The number of hydrogen-bond acceptors (Lipinski definition) is 6. The molecule has 112 valence electrons. The van der Waals surface area contributed by atoms with Gasteiger partial charge in [0.15, 0.2) is 5.82 Å². The molecule has 0 aromatic carbocycles. The first-order valence-corrected chi connectivity index (χ1v) is 6.12. The third kappa shape index (κ3) is 2.32. The van der Waals surface area contributed by atoms with Crippen LogP contribution in [0.4, 0.5) is 30.5 Å². The molecule has 7 nitrogen and oxygen atoms in total. The molecule has 1 aliphatic heterocycles. The van der Waals surface area contributed by atoms with Crippen molar-refractivity contribution < 1.29 is 13.2 Å². The zero-order chi connectivity index (χ0) is 15.2. The van der Waals surface area contributed by atoms with E-state index < -0.39 is 12.0 Å². The van der Waals surface area contributed by atoms with Crippen molar-refractivity contribution in [2.75, 3.05) is 22.9 Å². The first kappa shape index (κ1) is 13.5. The molecule has 10 heteroatoms. The number of fused-ring (bicyclic) bond motifs is 1. The van der Waals surface area contributed by atoms with E-state index in [-0.39, 0.29) is 24.7 Å². The second-order valence-corrected chi connectivity index (χ2v) is 4.65. The predicted molar refractivity (Wildman–Crippen MR) is 69.1 cm³/mol. The highest BCUT2D eigenvalue weighted by molar-refractivity contribution is 5.62. The Labute approximate surface area is 117 Å². The van der Waals surface area contributed by atoms with Crippen LogP contribution in [0.1, 0.15) is 11.6 Å². The minimum absolute atomic E-state index is 0.128. The van der Waals surface area contributed by atoms with Crippen molar-refractivity contribution >= 4 is 17.3 Å². The molecule has 0 radical (unpaired) electrons. The van der Waals surface area contributed by atoms with Crippen LogP contribution in [0.2, 0.25) is 0 Å². The molecule has 3 rings (SSSR count). The lowest BCUT2D eigenvalue weighted by Crippen LogP contribution is -2.35. The summed E-state index contributed by atoms with van der Waals surface area (Å²) in [5.41, 5.74) is 11.6. The molecule has 2 aromatic heterocycles. The number of anilines is 3. The SMILES string of the molecule is Nc1ccc(N2CCn3c(nnc3C(F)(F)F)C2)nc1N. The number of alkyl halides is 3. The van der Waals surface area contributed by atoms with Crippen LogP contribution >= 0.6 is 0 Å². The van der Waals surface area contributed by atoms with Gasteiger partial charge in [-0.3, -0.25) is 0 Å². The third-order valence-corrected chi connectivity index (χ3v) is 3.27. The van der Waals surface area contributed by atoms with Gasteiger partial charge >= 0.3 is 6.18 Å². The van der Waals surface area contributed by atoms with E-state index in [1.54, 1.807) is 17.0 Å². The van der Waals surface area contributed by atoms with E-state index in [0.717, 1.165) is 4.57 Å². The van der Waals surface area contributed by atoms with E-state index in [1.807, 2.05) is 0 Å². The molecule has 4 N–H and O–H groups in total. The summed E-state index contributed by atoms with van der Waals surface area (Å²) in [6.07, 6.45) is -4.50. The molecule has 2 aromatic rings. The van der Waals surface area contributed by atoms with Gasteiger partial charge in [-0.15, -0.1) is 10.2 Å². The predicted octanol–water partition coefficient (Wildman–Crippen LogP) is 0.877. The Morgan fingerprint density at radius 2 is 1.86 bits per heavy atom. The number of nitrogen functional groups attached to an aromatic ring is 2. The molecule has 0 amide bonds. The molecule has 0 unspecified atom stereocenters. The lowest BCUT2D eigenvalue weighted by atomic mass is 10.3. The number of nitrogens with two attached hydrogens (primary N) is 2. The van der Waals surface area contributed by atoms with Crippen LogP contribution in [-0.2, 0) is 19.3 Å². The summed E-state index contributed by atoms with van der Waals surface area (Å²) in [4.78, 5) is 5.90. The van der Waals surface area contributed by atoms with E-state index >= 15 is 0 Å². The first-order chi connectivity index (χ1) is 9.86. The van der Waals surface area contributed by atoms with E-state index in [0.29, 0.717) is 18.1 Å². The van der Waals surface area contributed by atoms with Crippen molar-refractivity contribution in [2.24, 2.45) is 0 Å². The van der Waals surface area contributed by atoms with Crippen molar-refractivity contribution in [3.05, 3.63) is 23.8 Å². The molecular formula is C11H12F3N7. The van der Waals surface area contributed by atoms with Crippen LogP contribution < -0.4 is 16.4 Å². The van der Waals surface area contributed by atoms with Crippen molar-refractivity contribution in [2.45, 2.75) is 19.3 Å². The van der Waals surface area contributed by atoms with Crippen LogP contribution in [0.3, 0.4) is 0 Å². The highest BCUT2D eigenvalue weighted by atomic mass is 19.4. The van der Waals surface area contributed by atoms with Crippen molar-refractivity contribution in [1.82, 2.24) is 19.7 Å². The van der Waals surface area contributed by atoms with E-state index in [1.165, 1.54) is 0 Å². The summed E-state index contributed by atoms with van der Waals surface area (Å²) in [6.45, 7) is 0.660. The zero-order valence-corrected chi connectivity index (χ0v) is 10.8. The number of pyridine rings is 1. The topological polar surface area (TPSA) is 98.9 Å². The van der Waals surface area contributed by atoms with Crippen LogP contribution in [0, 0.1) is 0 Å². The standard InChI is InChI=1S/C11H12F3N7/c12-11(13,14)10-19-18-8-5-20(3-4-21(8)10)7-2-1-6(15)9(16)17-7/h1-2H,3-5,15H2,(H2,16,17). The van der Waals surface area contributed by atoms with Crippen LogP contribution in [0.25, 0.3) is 0 Å². The van der Waals surface area contributed by atoms with Gasteiger partial charge < -0.3 is 20.9 Å². The number of hydrogen-bond donors (Lipinski definition) is 2. The third-order valence-electron chi connectivity index (χ3n) is 3.27. The van der Waals surface area contributed by atoms with Gasteiger partial charge in [-0.25, -0.2) is 4.98 Å². The van der Waals surface area contributed by atoms with Gasteiger partial charge in [-0.1, -0.05) is 0 Å². The molecule has 0 aliphatic carbocycles. The van der Waals surface area contributed by atoms with Gasteiger partial charge in [0.25, 0.3) is 0 Å². The molecule has 0 saturated heterocycles. The smallest absolute Gasteiger partial charge is 0.396 e.